The summed E-state index contributed by atoms with van der Waals surface area (Å²) in [5, 5.41) is 0. The normalized spacial score (nSPS) is 20.7. The summed E-state index contributed by atoms with van der Waals surface area (Å²) in [4.78, 5) is 0. The highest BCUT2D eigenvalue weighted by atomic mass is 14.3. The monoisotopic (exact) mass is 288 g/mol. The number of allylic oxidation sites excluding steroid dienone is 6. The van der Waals surface area contributed by atoms with E-state index in [1.807, 2.05) is 0 Å². The predicted molar refractivity (Wildman–Crippen MR) is 96.5 cm³/mol. The van der Waals surface area contributed by atoms with Gasteiger partial charge in [-0.05, 0) is 73.5 Å². The second-order valence-corrected chi connectivity index (χ2v) is 8.21. The fourth-order valence-corrected chi connectivity index (χ4v) is 3.23. The van der Waals surface area contributed by atoms with Crippen LogP contribution in [0.3, 0.4) is 0 Å². The lowest BCUT2D eigenvalue weighted by atomic mass is 9.70. The molecule has 0 bridgehead atoms. The molecule has 0 aromatic carbocycles. The van der Waals surface area contributed by atoms with E-state index in [1.165, 1.54) is 31.3 Å². The molecule has 0 saturated heterocycles. The molecule has 0 heterocycles. The van der Waals surface area contributed by atoms with Gasteiger partial charge in [-0.25, -0.2) is 0 Å². The highest BCUT2D eigenvalue weighted by Crippen LogP contribution is 2.44. The molecule has 1 aliphatic carbocycles. The zero-order valence-electron chi connectivity index (χ0n) is 15.6. The molecule has 0 aromatic heterocycles. The molecule has 1 rings (SSSR count). The molecule has 0 amide bonds. The Morgan fingerprint density at radius 2 is 1.76 bits per heavy atom. The van der Waals surface area contributed by atoms with E-state index in [-0.39, 0.29) is 0 Å². The van der Waals surface area contributed by atoms with Gasteiger partial charge in [0.05, 0.1) is 0 Å². The van der Waals surface area contributed by atoms with Gasteiger partial charge < -0.3 is 0 Å². The van der Waals surface area contributed by atoms with Gasteiger partial charge in [-0.3, -0.25) is 0 Å². The Hall–Kier alpha value is -0.780. The summed E-state index contributed by atoms with van der Waals surface area (Å²) in [5.74, 6) is 1.37. The first-order valence-electron chi connectivity index (χ1n) is 8.73. The van der Waals surface area contributed by atoms with E-state index in [1.54, 1.807) is 16.7 Å². The van der Waals surface area contributed by atoms with Gasteiger partial charge in [0.15, 0.2) is 0 Å². The summed E-state index contributed by atoms with van der Waals surface area (Å²) in [7, 11) is 0. The molecular weight excluding hydrogens is 252 g/mol. The summed E-state index contributed by atoms with van der Waals surface area (Å²) >= 11 is 0. The van der Waals surface area contributed by atoms with Crippen LogP contribution in [0.5, 0.6) is 0 Å². The van der Waals surface area contributed by atoms with E-state index < -0.39 is 0 Å². The molecule has 0 atom stereocenters. The second kappa shape index (κ2) is 7.47. The fourth-order valence-electron chi connectivity index (χ4n) is 3.23. The average molecular weight is 289 g/mol. The number of rotatable bonds is 5. The van der Waals surface area contributed by atoms with Crippen LogP contribution >= 0.6 is 0 Å². The van der Waals surface area contributed by atoms with Crippen LogP contribution in [0.1, 0.15) is 81.1 Å². The van der Waals surface area contributed by atoms with Crippen molar-refractivity contribution >= 4 is 0 Å². The molecule has 0 spiro atoms. The van der Waals surface area contributed by atoms with Crippen LogP contribution in [0, 0.1) is 17.3 Å². The first-order chi connectivity index (χ1) is 9.68. The van der Waals surface area contributed by atoms with Crippen molar-refractivity contribution in [3.05, 3.63) is 34.4 Å². The molecule has 0 saturated carbocycles. The second-order valence-electron chi connectivity index (χ2n) is 8.21. The van der Waals surface area contributed by atoms with Gasteiger partial charge in [0.2, 0.25) is 0 Å². The lowest BCUT2D eigenvalue weighted by molar-refractivity contribution is 0.315. The minimum atomic E-state index is 0.448. The molecule has 1 aliphatic rings. The van der Waals surface area contributed by atoms with E-state index in [0.29, 0.717) is 11.3 Å². The SMILES string of the molecule is C/C=C(\C)C1=C(/C(=C\CC(C)C)C(C)C)CCC(C)(C)C1. The summed E-state index contributed by atoms with van der Waals surface area (Å²) < 4.78 is 0. The highest BCUT2D eigenvalue weighted by molar-refractivity contribution is 5.46. The Kier molecular flexibility index (Phi) is 6.50. The highest BCUT2D eigenvalue weighted by Gasteiger charge is 2.29. The van der Waals surface area contributed by atoms with Crippen LogP contribution in [0.25, 0.3) is 0 Å². The molecule has 0 fully saturated rings. The summed E-state index contributed by atoms with van der Waals surface area (Å²) in [6.45, 7) is 18.6. The molecule has 0 aromatic rings. The molecule has 0 heteroatoms. The maximum Gasteiger partial charge on any atom is -0.0219 e. The van der Waals surface area contributed by atoms with Crippen molar-refractivity contribution in [2.75, 3.05) is 0 Å². The van der Waals surface area contributed by atoms with Crippen LogP contribution in [0.15, 0.2) is 34.4 Å². The van der Waals surface area contributed by atoms with Crippen molar-refractivity contribution in [2.24, 2.45) is 17.3 Å². The first kappa shape index (κ1) is 18.3. The van der Waals surface area contributed by atoms with Crippen molar-refractivity contribution in [1.82, 2.24) is 0 Å². The molecular formula is C21H36. The molecule has 0 aliphatic heterocycles. The van der Waals surface area contributed by atoms with Crippen molar-refractivity contribution in [1.29, 1.82) is 0 Å². The quantitative estimate of drug-likeness (QED) is 0.506. The van der Waals surface area contributed by atoms with Crippen LogP contribution in [0.2, 0.25) is 0 Å². The van der Waals surface area contributed by atoms with Gasteiger partial charge in [0.25, 0.3) is 0 Å². The van der Waals surface area contributed by atoms with Gasteiger partial charge >= 0.3 is 0 Å². The molecule has 0 N–H and O–H groups in total. The van der Waals surface area contributed by atoms with E-state index in [2.05, 4.69) is 67.5 Å². The van der Waals surface area contributed by atoms with Gasteiger partial charge in [-0.2, -0.15) is 0 Å². The van der Waals surface area contributed by atoms with E-state index in [0.717, 1.165) is 5.92 Å². The van der Waals surface area contributed by atoms with Crippen LogP contribution in [0.4, 0.5) is 0 Å². The Balaban J connectivity index is 3.29. The maximum absolute atomic E-state index is 2.52. The topological polar surface area (TPSA) is 0 Å². The summed E-state index contributed by atoms with van der Waals surface area (Å²) in [6.07, 6.45) is 9.79. The molecule has 0 unspecified atom stereocenters. The molecule has 120 valence electrons. The lowest BCUT2D eigenvalue weighted by Crippen LogP contribution is -2.20. The largest absolute Gasteiger partial charge is 0.0844 e. The van der Waals surface area contributed by atoms with Gasteiger partial charge in [-0.1, -0.05) is 59.3 Å². The van der Waals surface area contributed by atoms with Crippen LogP contribution in [-0.4, -0.2) is 0 Å². The van der Waals surface area contributed by atoms with E-state index in [9.17, 15) is 0 Å². The maximum atomic E-state index is 2.52. The smallest absolute Gasteiger partial charge is 0.0219 e. The lowest BCUT2D eigenvalue weighted by Gasteiger charge is -2.35. The Labute approximate surface area is 133 Å². The third kappa shape index (κ3) is 5.16. The number of hydrogen-bond donors (Lipinski definition) is 0. The Bertz CT molecular complexity index is 439. The van der Waals surface area contributed by atoms with Crippen molar-refractivity contribution in [3.63, 3.8) is 0 Å². The van der Waals surface area contributed by atoms with Crippen molar-refractivity contribution in [2.45, 2.75) is 81.1 Å². The zero-order valence-corrected chi connectivity index (χ0v) is 15.6. The van der Waals surface area contributed by atoms with Gasteiger partial charge in [0.1, 0.15) is 0 Å². The average Bonchev–Trinajstić information content (AvgIpc) is 2.38. The first-order valence-corrected chi connectivity index (χ1v) is 8.73. The standard InChI is InChI=1S/C21H36/c1-9-17(6)20-14-21(7,8)13-12-19(20)18(16(4)5)11-10-15(2)3/h9,11,15-16H,10,12-14H2,1-8H3/b17-9+,18-11-. The summed E-state index contributed by atoms with van der Waals surface area (Å²) in [6, 6.07) is 0. The Morgan fingerprint density at radius 3 is 2.24 bits per heavy atom. The zero-order chi connectivity index (χ0) is 16.2. The fraction of sp³-hybridized carbons (Fsp3) is 0.714. The van der Waals surface area contributed by atoms with Crippen LogP contribution in [-0.2, 0) is 0 Å². The van der Waals surface area contributed by atoms with Gasteiger partial charge in [-0.15, -0.1) is 0 Å². The molecule has 0 radical (unpaired) electrons. The molecule has 21 heavy (non-hydrogen) atoms. The molecule has 0 nitrogen and oxygen atoms in total. The van der Waals surface area contributed by atoms with E-state index in [4.69, 9.17) is 0 Å². The minimum absolute atomic E-state index is 0.448. The van der Waals surface area contributed by atoms with Gasteiger partial charge in [0, 0.05) is 0 Å². The van der Waals surface area contributed by atoms with Crippen LogP contribution < -0.4 is 0 Å². The summed E-state index contributed by atoms with van der Waals surface area (Å²) in [5.41, 5.74) is 6.81. The van der Waals surface area contributed by atoms with Crippen molar-refractivity contribution < 1.29 is 0 Å². The third-order valence-electron chi connectivity index (χ3n) is 4.76. The number of hydrogen-bond acceptors (Lipinski definition) is 0. The predicted octanol–water partition coefficient (Wildman–Crippen LogP) is 7.09. The van der Waals surface area contributed by atoms with E-state index >= 15 is 0 Å². The third-order valence-corrected chi connectivity index (χ3v) is 4.76. The minimum Gasteiger partial charge on any atom is -0.0844 e. The van der Waals surface area contributed by atoms with Crippen molar-refractivity contribution in [3.8, 4) is 0 Å². The Morgan fingerprint density at radius 1 is 1.14 bits per heavy atom.